The number of carbonyl (C=O) groups excluding carboxylic acids is 1. The van der Waals surface area contributed by atoms with Crippen molar-refractivity contribution in [1.29, 1.82) is 0 Å². The Bertz CT molecular complexity index is 2210. The molecule has 0 spiro atoms. The number of nitrogens with zero attached hydrogens (tertiary/aromatic N) is 1. The van der Waals surface area contributed by atoms with Gasteiger partial charge in [0.15, 0.2) is 11.6 Å². The number of ether oxygens (including phenoxy) is 2. The Morgan fingerprint density at radius 1 is 1.00 bits per heavy atom. The Morgan fingerprint density at radius 3 is 2.35 bits per heavy atom. The van der Waals surface area contributed by atoms with Gasteiger partial charge in [0.25, 0.3) is 10.0 Å². The summed E-state index contributed by atoms with van der Waals surface area (Å²) in [5.41, 5.74) is -2.48. The number of aliphatic hydroxyl groups is 1. The summed E-state index contributed by atoms with van der Waals surface area (Å²) in [5.74, 6) is -1.94. The minimum absolute atomic E-state index is 0.00668. The van der Waals surface area contributed by atoms with Crippen molar-refractivity contribution in [3.05, 3.63) is 77.4 Å². The zero-order valence-corrected chi connectivity index (χ0v) is 29.0. The predicted octanol–water partition coefficient (Wildman–Crippen LogP) is 3.75. The van der Waals surface area contributed by atoms with E-state index >= 15 is 0 Å². The molecule has 0 unspecified atom stereocenters. The van der Waals surface area contributed by atoms with Crippen LogP contribution in [0.15, 0.2) is 80.4 Å². The molecule has 0 radical (unpaired) electrons. The second-order valence-electron chi connectivity index (χ2n) is 11.7. The highest BCUT2D eigenvalue weighted by Crippen LogP contribution is 2.45. The number of benzene rings is 3. The number of anilines is 2. The summed E-state index contributed by atoms with van der Waals surface area (Å²) in [6.07, 6.45) is 1.16. The lowest BCUT2D eigenvalue weighted by molar-refractivity contribution is -0.121. The first-order chi connectivity index (χ1) is 22.4. The molecule has 3 aromatic rings. The van der Waals surface area contributed by atoms with E-state index in [0.29, 0.717) is 6.42 Å². The maximum Gasteiger partial charge on any atom is 0.286 e. The first kappa shape index (κ1) is 34.9. The third-order valence-electron chi connectivity index (χ3n) is 7.82. The molecule has 0 saturated carbocycles. The number of methoxy groups -OCH3 is 2. The van der Waals surface area contributed by atoms with Crippen LogP contribution in [0.25, 0.3) is 5.76 Å². The number of aliphatic hydroxyl groups excluding tert-OH is 1. The number of nitrogens with one attached hydrogen (secondary N) is 3. The largest absolute Gasteiger partial charge is 0.506 e. The van der Waals surface area contributed by atoms with E-state index in [1.165, 1.54) is 56.7 Å². The van der Waals surface area contributed by atoms with Crippen LogP contribution < -0.4 is 24.2 Å². The normalized spacial score (nSPS) is 18.8. The lowest BCUT2D eigenvalue weighted by Gasteiger charge is -2.39. The summed E-state index contributed by atoms with van der Waals surface area (Å²) in [4.78, 5) is 14.2. The maximum absolute atomic E-state index is 14.9. The van der Waals surface area contributed by atoms with Crippen molar-refractivity contribution >= 4 is 58.8 Å². The van der Waals surface area contributed by atoms with E-state index in [1.54, 1.807) is 12.1 Å². The van der Waals surface area contributed by atoms with Crippen LogP contribution in [0, 0.1) is 5.92 Å². The number of fused-ring (bicyclic) bond motifs is 2. The molecule has 14 nitrogen and oxygen atoms in total. The quantitative estimate of drug-likeness (QED) is 0.225. The topological polar surface area (TPSA) is 207 Å². The van der Waals surface area contributed by atoms with Crippen LogP contribution in [0.5, 0.6) is 11.5 Å². The van der Waals surface area contributed by atoms with Crippen molar-refractivity contribution in [2.45, 2.75) is 42.0 Å². The molecule has 2 aliphatic rings. The van der Waals surface area contributed by atoms with Crippen molar-refractivity contribution in [1.82, 2.24) is 4.72 Å². The van der Waals surface area contributed by atoms with Gasteiger partial charge in [-0.25, -0.2) is 16.8 Å². The maximum atomic E-state index is 14.9. The van der Waals surface area contributed by atoms with Gasteiger partial charge >= 0.3 is 0 Å². The number of carbonyl (C=O) groups is 1. The highest BCUT2D eigenvalue weighted by molar-refractivity contribution is 7.92. The van der Waals surface area contributed by atoms with E-state index in [9.17, 15) is 35.2 Å². The molecule has 4 N–H and O–H groups in total. The molecule has 0 aromatic heterocycles. The number of hydrogen-bond acceptors (Lipinski definition) is 11. The summed E-state index contributed by atoms with van der Waals surface area (Å²) in [5, 5.41) is 14.3. The number of ketones is 1. The fourth-order valence-corrected chi connectivity index (χ4v) is 8.85. The molecule has 0 amide bonds. The minimum atomic E-state index is -4.59. The number of Topliss-reactive ketones (excluding diaryl/α,β-unsaturated/α-hetero) is 1. The van der Waals surface area contributed by atoms with Crippen LogP contribution in [0.3, 0.4) is 0 Å². The molecule has 256 valence electrons. The number of hydrogen-bond donors (Lipinski definition) is 4. The molecule has 0 saturated heterocycles. The van der Waals surface area contributed by atoms with Gasteiger partial charge in [-0.05, 0) is 54.7 Å². The zero-order valence-electron chi connectivity index (χ0n) is 26.6. The van der Waals surface area contributed by atoms with Crippen LogP contribution in [-0.2, 0) is 40.4 Å². The summed E-state index contributed by atoms with van der Waals surface area (Å²) in [6.45, 7) is 3.79. The fraction of sp³-hybridized carbons (Fsp3) is 0.290. The van der Waals surface area contributed by atoms with Crippen LogP contribution in [0.2, 0.25) is 0 Å². The van der Waals surface area contributed by atoms with Gasteiger partial charge in [-0.15, -0.1) is 4.40 Å². The first-order valence-electron chi connectivity index (χ1n) is 14.5. The lowest BCUT2D eigenvalue weighted by Crippen LogP contribution is -2.55. The zero-order chi connectivity index (χ0) is 35.2. The number of amidine groups is 1. The van der Waals surface area contributed by atoms with Crippen molar-refractivity contribution < 1.29 is 44.6 Å². The van der Waals surface area contributed by atoms with Gasteiger partial charge in [0.2, 0.25) is 20.0 Å². The molecule has 1 aliphatic heterocycles. The average Bonchev–Trinajstić information content (AvgIpc) is 3.01. The summed E-state index contributed by atoms with van der Waals surface area (Å²) in [7, 11) is -10.3. The number of sulfonamides is 3. The van der Waals surface area contributed by atoms with E-state index in [4.69, 9.17) is 9.47 Å². The second kappa shape index (κ2) is 12.5. The third kappa shape index (κ3) is 6.50. The van der Waals surface area contributed by atoms with Crippen molar-refractivity contribution in [3.63, 3.8) is 0 Å². The summed E-state index contributed by atoms with van der Waals surface area (Å²) >= 11 is 0. The van der Waals surface area contributed by atoms with Gasteiger partial charge in [0, 0.05) is 17.3 Å². The van der Waals surface area contributed by atoms with Crippen LogP contribution in [-0.4, -0.2) is 62.5 Å². The Morgan fingerprint density at radius 2 is 1.71 bits per heavy atom. The van der Waals surface area contributed by atoms with E-state index in [0.717, 1.165) is 12.3 Å². The summed E-state index contributed by atoms with van der Waals surface area (Å²) < 4.78 is 98.1. The monoisotopic (exact) mass is 718 g/mol. The molecule has 5 rings (SSSR count). The summed E-state index contributed by atoms with van der Waals surface area (Å²) in [6, 6.07) is 14.0. The van der Waals surface area contributed by atoms with Gasteiger partial charge < -0.3 is 19.9 Å². The highest BCUT2D eigenvalue weighted by atomic mass is 32.2. The highest BCUT2D eigenvalue weighted by Gasteiger charge is 2.52. The van der Waals surface area contributed by atoms with Crippen LogP contribution in [0.4, 0.5) is 11.4 Å². The molecule has 1 aliphatic carbocycles. The van der Waals surface area contributed by atoms with Gasteiger partial charge in [-0.2, -0.15) is 13.1 Å². The molecular formula is C31H34N4O10S3. The predicted molar refractivity (Wildman–Crippen MR) is 180 cm³/mol. The standard InChI is InChI=1S/C31H34N4O10S3/c1-18(2)14-15-31(35-48(42,43)26-17-20(44-3)11-13-24(26)45-4)22-9-7-6-8-21(22)28(36)27(29(31)37)30-32-23-12-10-19(33-46(5,38)39)16-25(23)47(40,41)34-30/h6-13,16-18,33,35-36H,14-15H2,1-5H3,(H,32,34)/t31-/m0/s1. The first-order valence-corrected chi connectivity index (χ1v) is 19.3. The van der Waals surface area contributed by atoms with Crippen LogP contribution in [0.1, 0.15) is 37.8 Å². The van der Waals surface area contributed by atoms with Crippen molar-refractivity contribution in [2.24, 2.45) is 10.3 Å². The SMILES string of the molecule is COc1ccc(OC)c(S(=O)(=O)N[C@]2(CCC(C)C)C(=O)C(C3=NS(=O)(=O)c4cc(NS(C)(=O)=O)ccc4N3)=C(O)c3ccccc32)c1. The van der Waals surface area contributed by atoms with Gasteiger partial charge in [0.05, 0.1) is 26.2 Å². The molecule has 0 fully saturated rings. The molecule has 1 atom stereocenters. The Balaban J connectivity index is 1.71. The molecule has 17 heteroatoms. The van der Waals surface area contributed by atoms with E-state index in [-0.39, 0.29) is 56.1 Å². The van der Waals surface area contributed by atoms with Gasteiger partial charge in [0.1, 0.15) is 38.2 Å². The van der Waals surface area contributed by atoms with Gasteiger partial charge in [-0.3, -0.25) is 9.52 Å². The van der Waals surface area contributed by atoms with E-state index < -0.39 is 58.6 Å². The van der Waals surface area contributed by atoms with Crippen molar-refractivity contribution in [2.75, 3.05) is 30.5 Å². The Hall–Kier alpha value is -4.45. The average molecular weight is 719 g/mol. The molecule has 48 heavy (non-hydrogen) atoms. The van der Waals surface area contributed by atoms with Crippen molar-refractivity contribution in [3.8, 4) is 11.5 Å². The van der Waals surface area contributed by atoms with E-state index in [2.05, 4.69) is 19.2 Å². The van der Waals surface area contributed by atoms with E-state index in [1.807, 2.05) is 13.8 Å². The Kier molecular flexibility index (Phi) is 9.11. The number of rotatable bonds is 11. The fourth-order valence-electron chi connectivity index (χ4n) is 5.59. The van der Waals surface area contributed by atoms with Gasteiger partial charge in [-0.1, -0.05) is 38.1 Å². The second-order valence-corrected chi connectivity index (χ2v) is 16.7. The molecule has 3 aromatic carbocycles. The van der Waals surface area contributed by atoms with Crippen LogP contribution >= 0.6 is 0 Å². The Labute approximate surface area is 279 Å². The molecule has 1 heterocycles. The third-order valence-corrected chi connectivity index (χ3v) is 11.3. The molecular weight excluding hydrogens is 685 g/mol. The lowest BCUT2D eigenvalue weighted by atomic mass is 9.72. The smallest absolute Gasteiger partial charge is 0.286 e. The molecule has 0 bridgehead atoms. The minimum Gasteiger partial charge on any atom is -0.506 e.